The lowest BCUT2D eigenvalue weighted by Gasteiger charge is -2.13. The zero-order chi connectivity index (χ0) is 14.4. The van der Waals surface area contributed by atoms with Gasteiger partial charge in [-0.25, -0.2) is 0 Å². The first-order valence-corrected chi connectivity index (χ1v) is 6.01. The molecule has 20 heavy (non-hydrogen) atoms. The van der Waals surface area contributed by atoms with Gasteiger partial charge < -0.3 is 4.74 Å². The van der Waals surface area contributed by atoms with Crippen molar-refractivity contribution in [2.24, 2.45) is 0 Å². The number of pyridine rings is 1. The number of benzene rings is 1. The summed E-state index contributed by atoms with van der Waals surface area (Å²) in [4.78, 5) is 15.7. The first-order chi connectivity index (χ1) is 9.72. The number of para-hydroxylation sites is 1. The monoisotopic (exact) mass is 269 g/mol. The molecule has 2 rings (SSSR count). The van der Waals surface area contributed by atoms with Crippen molar-refractivity contribution in [2.75, 3.05) is 7.11 Å². The first kappa shape index (κ1) is 13.6. The molecule has 102 valence electrons. The summed E-state index contributed by atoms with van der Waals surface area (Å²) in [6.07, 6.45) is 3.10. The minimum absolute atomic E-state index is 0.283. The second-order valence-corrected chi connectivity index (χ2v) is 4.00. The number of methoxy groups -OCH3 is 1. The maximum Gasteiger partial charge on any atom is 0.271 e. The summed E-state index contributed by atoms with van der Waals surface area (Å²) < 4.78 is 5.23. The summed E-state index contributed by atoms with van der Waals surface area (Å²) >= 11 is 0. The molecule has 0 fully saturated rings. The van der Waals surface area contributed by atoms with Crippen molar-refractivity contribution in [1.29, 1.82) is 0 Å². The van der Waals surface area contributed by atoms with Crippen LogP contribution < -0.4 is 15.6 Å². The molecular formula is C15H15N3O2. The number of hydrogen-bond donors (Lipinski definition) is 2. The lowest BCUT2D eigenvalue weighted by atomic mass is 10.1. The van der Waals surface area contributed by atoms with E-state index in [0.717, 1.165) is 5.56 Å². The molecule has 5 nitrogen and oxygen atoms in total. The van der Waals surface area contributed by atoms with Gasteiger partial charge in [0.1, 0.15) is 5.75 Å². The van der Waals surface area contributed by atoms with Crippen LogP contribution in [0.2, 0.25) is 0 Å². The average molecular weight is 269 g/mol. The number of aromatic nitrogens is 1. The number of hydrazine groups is 1. The van der Waals surface area contributed by atoms with E-state index >= 15 is 0 Å². The highest BCUT2D eigenvalue weighted by Crippen LogP contribution is 2.22. The van der Waals surface area contributed by atoms with Crippen molar-refractivity contribution in [1.82, 2.24) is 15.8 Å². The Hall–Kier alpha value is -2.82. The third kappa shape index (κ3) is 3.14. The second kappa shape index (κ2) is 6.38. The maximum atomic E-state index is 11.8. The van der Waals surface area contributed by atoms with Crippen LogP contribution in [0, 0.1) is 0 Å². The number of nitrogens with one attached hydrogen (secondary N) is 2. The largest absolute Gasteiger partial charge is 0.496 e. The maximum absolute atomic E-state index is 11.8. The minimum atomic E-state index is -0.283. The van der Waals surface area contributed by atoms with Gasteiger partial charge in [0.15, 0.2) is 0 Å². The molecule has 0 unspecified atom stereocenters. The summed E-state index contributed by atoms with van der Waals surface area (Å²) in [6.45, 7) is 3.88. The average Bonchev–Trinajstić information content (AvgIpc) is 2.53. The Morgan fingerprint density at radius 3 is 2.70 bits per heavy atom. The van der Waals surface area contributed by atoms with Crippen molar-refractivity contribution < 1.29 is 9.53 Å². The molecule has 0 spiro atoms. The summed E-state index contributed by atoms with van der Waals surface area (Å²) in [6, 6.07) is 10.8. The molecule has 0 saturated heterocycles. The number of rotatable bonds is 5. The van der Waals surface area contributed by atoms with Gasteiger partial charge in [-0.1, -0.05) is 18.7 Å². The van der Waals surface area contributed by atoms with E-state index in [1.165, 1.54) is 6.20 Å². The molecule has 1 aromatic heterocycles. The van der Waals surface area contributed by atoms with Crippen LogP contribution in [0.4, 0.5) is 0 Å². The highest BCUT2D eigenvalue weighted by molar-refractivity contribution is 5.94. The van der Waals surface area contributed by atoms with Crippen molar-refractivity contribution in [3.63, 3.8) is 0 Å². The molecule has 1 aromatic carbocycles. The third-order valence-corrected chi connectivity index (χ3v) is 2.68. The normalized spacial score (nSPS) is 9.65. The Kier molecular flexibility index (Phi) is 4.34. The van der Waals surface area contributed by atoms with Crippen LogP contribution in [0.25, 0.3) is 5.70 Å². The van der Waals surface area contributed by atoms with Crippen molar-refractivity contribution in [3.8, 4) is 5.75 Å². The zero-order valence-corrected chi connectivity index (χ0v) is 11.1. The number of ether oxygens (including phenoxy) is 1. The van der Waals surface area contributed by atoms with Gasteiger partial charge in [0, 0.05) is 18.0 Å². The topological polar surface area (TPSA) is 63.2 Å². The fourth-order valence-electron chi connectivity index (χ4n) is 1.66. The molecular weight excluding hydrogens is 254 g/mol. The van der Waals surface area contributed by atoms with Crippen LogP contribution in [-0.2, 0) is 0 Å². The Morgan fingerprint density at radius 2 is 2.00 bits per heavy atom. The molecule has 5 heteroatoms. The molecule has 2 N–H and O–H groups in total. The summed E-state index contributed by atoms with van der Waals surface area (Å²) in [5, 5.41) is 0. The van der Waals surface area contributed by atoms with Crippen LogP contribution >= 0.6 is 0 Å². The van der Waals surface area contributed by atoms with Crippen LogP contribution in [0.15, 0.2) is 55.4 Å². The predicted octanol–water partition coefficient (Wildman–Crippen LogP) is 2.00. The van der Waals surface area contributed by atoms with E-state index in [1.54, 1.807) is 25.4 Å². The highest BCUT2D eigenvalue weighted by Gasteiger charge is 2.08. The lowest BCUT2D eigenvalue weighted by Crippen LogP contribution is -2.35. The van der Waals surface area contributed by atoms with Gasteiger partial charge in [0.2, 0.25) is 0 Å². The Balaban J connectivity index is 2.01. The van der Waals surface area contributed by atoms with Gasteiger partial charge in [0.05, 0.1) is 18.4 Å². The van der Waals surface area contributed by atoms with Gasteiger partial charge in [0.25, 0.3) is 5.91 Å². The first-order valence-electron chi connectivity index (χ1n) is 6.01. The van der Waals surface area contributed by atoms with Crippen molar-refractivity contribution in [3.05, 3.63) is 66.5 Å². The van der Waals surface area contributed by atoms with Crippen LogP contribution in [0.5, 0.6) is 5.75 Å². The summed E-state index contributed by atoms with van der Waals surface area (Å²) in [5.74, 6) is 0.398. The van der Waals surface area contributed by atoms with Gasteiger partial charge in [-0.15, -0.1) is 0 Å². The predicted molar refractivity (Wildman–Crippen MR) is 76.9 cm³/mol. The molecule has 0 aliphatic carbocycles. The second-order valence-electron chi connectivity index (χ2n) is 4.00. The Labute approximate surface area is 117 Å². The fourth-order valence-corrected chi connectivity index (χ4v) is 1.66. The third-order valence-electron chi connectivity index (χ3n) is 2.68. The molecule has 0 aliphatic heterocycles. The van der Waals surface area contributed by atoms with E-state index in [4.69, 9.17) is 4.74 Å². The smallest absolute Gasteiger partial charge is 0.271 e. The van der Waals surface area contributed by atoms with E-state index in [1.807, 2.05) is 24.3 Å². The molecule has 0 aliphatic rings. The molecule has 1 amide bonds. The van der Waals surface area contributed by atoms with E-state index in [0.29, 0.717) is 17.0 Å². The van der Waals surface area contributed by atoms with Crippen LogP contribution in [-0.4, -0.2) is 18.0 Å². The van der Waals surface area contributed by atoms with E-state index < -0.39 is 0 Å². The van der Waals surface area contributed by atoms with E-state index in [2.05, 4.69) is 22.4 Å². The minimum Gasteiger partial charge on any atom is -0.496 e. The highest BCUT2D eigenvalue weighted by atomic mass is 16.5. The number of carbonyl (C=O) groups is 1. The lowest BCUT2D eigenvalue weighted by molar-refractivity contribution is 0.0942. The van der Waals surface area contributed by atoms with E-state index in [9.17, 15) is 4.79 Å². The van der Waals surface area contributed by atoms with Gasteiger partial charge >= 0.3 is 0 Å². The Bertz CT molecular complexity index is 612. The molecule has 2 aromatic rings. The SMILES string of the molecule is C=C(NNC(=O)c1cccnc1)c1ccccc1OC. The Morgan fingerprint density at radius 1 is 1.20 bits per heavy atom. The summed E-state index contributed by atoms with van der Waals surface area (Å²) in [5.41, 5.74) is 7.12. The molecule has 1 heterocycles. The van der Waals surface area contributed by atoms with Gasteiger partial charge in [-0.05, 0) is 24.3 Å². The number of carbonyl (C=O) groups excluding carboxylic acids is 1. The van der Waals surface area contributed by atoms with E-state index in [-0.39, 0.29) is 5.91 Å². The molecule has 0 atom stereocenters. The van der Waals surface area contributed by atoms with Gasteiger partial charge in [-0.3, -0.25) is 20.6 Å². The number of amides is 1. The van der Waals surface area contributed by atoms with Crippen LogP contribution in [0.3, 0.4) is 0 Å². The number of nitrogens with zero attached hydrogens (tertiary/aromatic N) is 1. The number of hydrogen-bond acceptors (Lipinski definition) is 4. The van der Waals surface area contributed by atoms with Crippen molar-refractivity contribution >= 4 is 11.6 Å². The van der Waals surface area contributed by atoms with Crippen molar-refractivity contribution in [2.45, 2.75) is 0 Å². The fraction of sp³-hybridized carbons (Fsp3) is 0.0667. The molecule has 0 saturated carbocycles. The standard InChI is InChI=1S/C15H15N3O2/c1-11(13-7-3-4-8-14(13)20-2)17-18-15(19)12-6-5-9-16-10-12/h3-10,17H,1H2,2H3,(H,18,19). The molecule has 0 bridgehead atoms. The molecule has 0 radical (unpaired) electrons. The zero-order valence-electron chi connectivity index (χ0n) is 11.1. The van der Waals surface area contributed by atoms with Gasteiger partial charge in [-0.2, -0.15) is 0 Å². The quantitative estimate of drug-likeness (QED) is 0.815. The van der Waals surface area contributed by atoms with Crippen LogP contribution in [0.1, 0.15) is 15.9 Å². The summed E-state index contributed by atoms with van der Waals surface area (Å²) in [7, 11) is 1.58.